The number of carbonyl (C=O) groups excluding carboxylic acids is 2. The summed E-state index contributed by atoms with van der Waals surface area (Å²) in [6.45, 7) is 0. The smallest absolute Gasteiger partial charge is 0.775 e. The van der Waals surface area contributed by atoms with Crippen LogP contribution in [0.5, 0.6) is 0 Å². The van der Waals surface area contributed by atoms with E-state index in [0.717, 1.165) is 32.4 Å². The van der Waals surface area contributed by atoms with Gasteiger partial charge in [0.15, 0.2) is 7.60 Å². The van der Waals surface area contributed by atoms with E-state index < -0.39 is 24.8 Å². The molecule has 0 aliphatic heterocycles. The van der Waals surface area contributed by atoms with E-state index in [0.29, 0.717) is 0 Å². The molecule has 1 aromatic rings. The van der Waals surface area contributed by atoms with Crippen molar-refractivity contribution in [3.8, 4) is 0 Å². The third-order valence-electron chi connectivity index (χ3n) is 2.09. The van der Waals surface area contributed by atoms with Crippen LogP contribution in [0.2, 0.25) is 0 Å². The molecule has 1 aromatic carbocycles. The first-order chi connectivity index (χ1) is 8.29. The van der Waals surface area contributed by atoms with Crippen LogP contribution < -0.4 is 39.8 Å². The van der Waals surface area contributed by atoms with E-state index in [4.69, 9.17) is 4.89 Å². The number of methoxy groups -OCH3 is 2. The summed E-state index contributed by atoms with van der Waals surface area (Å²) in [4.78, 5) is 42.6. The van der Waals surface area contributed by atoms with Crippen LogP contribution >= 0.6 is 7.60 Å². The number of hydrogen-bond donors (Lipinski definition) is 1. The Kier molecular flexibility index (Phi) is 6.93. The van der Waals surface area contributed by atoms with Crippen molar-refractivity contribution >= 4 is 24.8 Å². The van der Waals surface area contributed by atoms with Gasteiger partial charge in [0.05, 0.1) is 25.3 Å². The Balaban J connectivity index is 0.00000324. The van der Waals surface area contributed by atoms with Gasteiger partial charge in [-0.15, -0.1) is 0 Å². The molecule has 0 heterocycles. The molecule has 19 heavy (non-hydrogen) atoms. The zero-order chi connectivity index (χ0) is 13.9. The van der Waals surface area contributed by atoms with Crippen molar-refractivity contribution in [2.75, 3.05) is 14.2 Å². The molecule has 0 saturated heterocycles. The molecule has 7 nitrogen and oxygen atoms in total. The minimum Gasteiger partial charge on any atom is -0.775 e. The monoisotopic (exact) mass is 296 g/mol. The molecule has 0 saturated carbocycles. The van der Waals surface area contributed by atoms with Gasteiger partial charge in [0.1, 0.15) is 0 Å². The van der Waals surface area contributed by atoms with E-state index in [1.54, 1.807) is 0 Å². The third kappa shape index (κ3) is 4.72. The third-order valence-corrected chi connectivity index (χ3v) is 3.00. The van der Waals surface area contributed by atoms with E-state index in [1.165, 1.54) is 0 Å². The zero-order valence-corrected chi connectivity index (χ0v) is 13.5. The standard InChI is InChI=1S/C10H11O7P.Na/c1-16-9(11)6-3-7(10(12)17-2)5-8(4-6)18(13,14)15;/h3-5H,1-2H3,(H2,13,14,15);/q;+1/p-1. The molecule has 1 atom stereocenters. The molecular formula is C10H10NaO7P. The predicted octanol–water partition coefficient (Wildman–Crippen LogP) is -3.57. The first-order valence-electron chi connectivity index (χ1n) is 4.65. The molecule has 1 unspecified atom stereocenters. The number of esters is 2. The summed E-state index contributed by atoms with van der Waals surface area (Å²) < 4.78 is 19.9. The fourth-order valence-corrected chi connectivity index (χ4v) is 1.85. The van der Waals surface area contributed by atoms with E-state index in [1.807, 2.05) is 0 Å². The molecule has 0 aromatic heterocycles. The first-order valence-corrected chi connectivity index (χ1v) is 6.23. The number of rotatable bonds is 3. The Morgan fingerprint density at radius 3 is 1.74 bits per heavy atom. The van der Waals surface area contributed by atoms with Crippen LogP contribution in [-0.2, 0) is 14.0 Å². The first kappa shape index (κ1) is 18.3. The summed E-state index contributed by atoms with van der Waals surface area (Å²) in [5.41, 5.74) is -0.360. The van der Waals surface area contributed by atoms with Crippen molar-refractivity contribution in [3.63, 3.8) is 0 Å². The summed E-state index contributed by atoms with van der Waals surface area (Å²) in [6, 6.07) is 2.93. The van der Waals surface area contributed by atoms with Crippen molar-refractivity contribution in [1.82, 2.24) is 0 Å². The summed E-state index contributed by atoms with van der Waals surface area (Å²) in [5, 5.41) is -0.564. The second-order valence-corrected chi connectivity index (χ2v) is 4.83. The molecule has 0 aliphatic rings. The van der Waals surface area contributed by atoms with E-state index >= 15 is 0 Å². The molecule has 0 bridgehead atoms. The Labute approximate surface area is 131 Å². The number of benzene rings is 1. The second kappa shape index (κ2) is 7.19. The van der Waals surface area contributed by atoms with Crippen molar-refractivity contribution in [1.29, 1.82) is 0 Å². The minimum absolute atomic E-state index is 0. The average Bonchev–Trinajstić information content (AvgIpc) is 2.35. The SMILES string of the molecule is COC(=O)c1cc(C(=O)OC)cc(P(=O)([O-])O)c1.[Na+]. The van der Waals surface area contributed by atoms with Crippen molar-refractivity contribution < 1.29 is 63.0 Å². The van der Waals surface area contributed by atoms with Crippen LogP contribution in [0.25, 0.3) is 0 Å². The molecule has 0 spiro atoms. The van der Waals surface area contributed by atoms with Crippen molar-refractivity contribution in [2.45, 2.75) is 0 Å². The largest absolute Gasteiger partial charge is 1.00 e. The Bertz CT molecular complexity index is 502. The molecular weight excluding hydrogens is 286 g/mol. The van der Waals surface area contributed by atoms with Crippen molar-refractivity contribution in [3.05, 3.63) is 29.3 Å². The van der Waals surface area contributed by atoms with Crippen LogP contribution in [0.15, 0.2) is 18.2 Å². The summed E-state index contributed by atoms with van der Waals surface area (Å²) in [7, 11) is -2.64. The van der Waals surface area contributed by atoms with Crippen LogP contribution in [0.4, 0.5) is 0 Å². The minimum atomic E-state index is -4.84. The molecule has 1 rings (SSSR count). The van der Waals surface area contributed by atoms with Gasteiger partial charge in [-0.3, -0.25) is 0 Å². The molecule has 0 aliphatic carbocycles. The number of carbonyl (C=O) groups is 2. The normalized spacial score (nSPS) is 12.8. The van der Waals surface area contributed by atoms with E-state index in [2.05, 4.69) is 9.47 Å². The quantitative estimate of drug-likeness (QED) is 0.349. The maximum atomic E-state index is 11.3. The Morgan fingerprint density at radius 1 is 1.11 bits per heavy atom. The van der Waals surface area contributed by atoms with Gasteiger partial charge >= 0.3 is 41.5 Å². The van der Waals surface area contributed by atoms with Crippen LogP contribution in [0.1, 0.15) is 20.7 Å². The fraction of sp³-hybridized carbons (Fsp3) is 0.200. The van der Waals surface area contributed by atoms with Gasteiger partial charge in [0.25, 0.3) is 0 Å². The topological polar surface area (TPSA) is 113 Å². The van der Waals surface area contributed by atoms with Gasteiger partial charge in [-0.05, 0) is 18.2 Å². The summed E-state index contributed by atoms with van der Waals surface area (Å²) >= 11 is 0. The maximum Gasteiger partial charge on any atom is 1.00 e. The Hall–Kier alpha value is -0.690. The molecule has 0 amide bonds. The summed E-state index contributed by atoms with van der Waals surface area (Å²) in [6.07, 6.45) is 0. The van der Waals surface area contributed by atoms with Crippen LogP contribution in [0, 0.1) is 0 Å². The molecule has 0 radical (unpaired) electrons. The van der Waals surface area contributed by atoms with Crippen LogP contribution in [-0.4, -0.2) is 31.1 Å². The molecule has 1 N–H and O–H groups in total. The van der Waals surface area contributed by atoms with Gasteiger partial charge in [0.2, 0.25) is 0 Å². The molecule has 9 heteroatoms. The van der Waals surface area contributed by atoms with Crippen LogP contribution in [0.3, 0.4) is 0 Å². The maximum absolute atomic E-state index is 11.3. The van der Waals surface area contributed by atoms with E-state index in [-0.39, 0.29) is 40.7 Å². The van der Waals surface area contributed by atoms with E-state index in [9.17, 15) is 19.0 Å². The Morgan fingerprint density at radius 2 is 1.47 bits per heavy atom. The summed E-state index contributed by atoms with van der Waals surface area (Å²) in [5.74, 6) is -1.68. The predicted molar refractivity (Wildman–Crippen MR) is 58.6 cm³/mol. The van der Waals surface area contributed by atoms with Gasteiger partial charge in [-0.1, -0.05) is 0 Å². The van der Waals surface area contributed by atoms with Crippen molar-refractivity contribution in [2.24, 2.45) is 0 Å². The van der Waals surface area contributed by atoms with Gasteiger partial charge in [-0.25, -0.2) is 9.59 Å². The number of ether oxygens (including phenoxy) is 2. The molecule has 98 valence electrons. The van der Waals surface area contributed by atoms with Gasteiger partial charge in [0, 0.05) is 5.30 Å². The second-order valence-electron chi connectivity index (χ2n) is 3.27. The molecule has 0 fully saturated rings. The zero-order valence-electron chi connectivity index (χ0n) is 10.6. The number of hydrogen-bond acceptors (Lipinski definition) is 6. The average molecular weight is 296 g/mol. The van der Waals surface area contributed by atoms with Gasteiger partial charge < -0.3 is 23.8 Å². The fourth-order valence-electron chi connectivity index (χ4n) is 1.25. The van der Waals surface area contributed by atoms with Gasteiger partial charge in [-0.2, -0.15) is 0 Å².